The van der Waals surface area contributed by atoms with Crippen LogP contribution in [-0.2, 0) is 15.8 Å². The fourth-order valence-electron chi connectivity index (χ4n) is 28.0. The van der Waals surface area contributed by atoms with Crippen LogP contribution in [0.2, 0.25) is 0 Å². The van der Waals surface area contributed by atoms with Crippen molar-refractivity contribution >= 4 is 324 Å². The number of amidine groups is 2. The molecule has 8 nitrogen and oxygen atoms in total. The summed E-state index contributed by atoms with van der Waals surface area (Å²) < 4.78 is 1.93. The van der Waals surface area contributed by atoms with Crippen LogP contribution in [-0.4, -0.2) is 53.4 Å². The minimum Gasteiger partial charge on any atom is -0.714 e. The van der Waals surface area contributed by atoms with E-state index in [1.165, 1.54) is 227 Å². The van der Waals surface area contributed by atoms with E-state index in [-0.39, 0.29) is 11.7 Å². The molecule has 0 atom stereocenters. The Hall–Kier alpha value is -10.9. The molecule has 0 saturated heterocycles. The molecular weight excluding hydrogens is 1160 g/mol. The summed E-state index contributed by atoms with van der Waals surface area (Å²) in [7, 11) is 0. The highest BCUT2D eigenvalue weighted by Gasteiger charge is 2.63. The molecule has 32 aromatic rings. The van der Waals surface area contributed by atoms with Crippen LogP contribution in [0, 0.1) is 10.4 Å². The molecule has 0 fully saturated rings. The number of rotatable bonds is 4. The molecule has 2 heterocycles. The van der Waals surface area contributed by atoms with E-state index in [1.54, 1.807) is 97.0 Å². The third kappa shape index (κ3) is 2.64. The van der Waals surface area contributed by atoms with Gasteiger partial charge in [-0.05, 0) is 414 Å². The second kappa shape index (κ2) is 9.96. The molecule has 0 spiro atoms. The maximum Gasteiger partial charge on any atom is 0.316 e. The summed E-state index contributed by atoms with van der Waals surface area (Å²) in [5.41, 5.74) is 0.948. The van der Waals surface area contributed by atoms with Gasteiger partial charge in [0.25, 0.3) is 0 Å². The first kappa shape index (κ1) is 41.6. The van der Waals surface area contributed by atoms with E-state index in [0.717, 1.165) is 30.7 Å². The number of hydrogen-bond donors (Lipinski definition) is 0. The molecule has 0 amide bonds. The van der Waals surface area contributed by atoms with Gasteiger partial charge in [-0.2, -0.15) is 0 Å². The van der Waals surface area contributed by atoms with Gasteiger partial charge >= 0.3 is 11.7 Å². The zero-order valence-electron chi connectivity index (χ0n) is 51.5. The molecule has 2 radical (unpaired) electrons. The first-order valence-electron chi connectivity index (χ1n) is 34.4. The molecule has 95 heavy (non-hydrogen) atoms. The van der Waals surface area contributed by atoms with Gasteiger partial charge in [0.1, 0.15) is 11.1 Å². The summed E-state index contributed by atoms with van der Waals surface area (Å²) in [5.74, 6) is 0.263. The highest BCUT2D eigenvalue weighted by Crippen LogP contribution is 2.81. The van der Waals surface area contributed by atoms with Crippen molar-refractivity contribution in [3.8, 4) is 0 Å². The number of nitrogens with zero attached hydrogens (tertiary/aromatic N) is 4. The van der Waals surface area contributed by atoms with Gasteiger partial charge in [-0.15, -0.1) is 0 Å². The lowest BCUT2D eigenvalue weighted by Crippen LogP contribution is -2.53. The van der Waals surface area contributed by atoms with Crippen LogP contribution in [0.15, 0.2) is 48.5 Å². The van der Waals surface area contributed by atoms with Gasteiger partial charge in [0.05, 0.1) is 16.5 Å². The standard InChI is InChI=1S/C87H32N4O4/c1-83(2)84(3,4)89(93)81(88(83)92)17-9-13-19(14-10-17)87(20-15-11-18(12-16-20)82-90(94)85(5,6)86(7,8)91(82)95)79-75-68-61-49-41-32-23-21-22-24-27(23)36-43(41)51-52-44(36)42-33(24)35-31-26(22)29-28-25(21)30-34(32)47(49)55-53-39(30)37(28)45-46-38(29)40(31)54-56-48(35)50(42)62-64(52)73(72(75)63(51)61)76-69(62)67(56)71-60(54)58(46)65-57(45)59(53)70(66(55)68)77(79)74(65)78(71)80(76)87/h9-16H,1-8H3. The van der Waals surface area contributed by atoms with Crippen molar-refractivity contribution < 1.29 is 19.9 Å². The lowest BCUT2D eigenvalue weighted by Gasteiger charge is -2.42. The summed E-state index contributed by atoms with van der Waals surface area (Å²) in [4.78, 5) is 0. The summed E-state index contributed by atoms with van der Waals surface area (Å²) >= 11 is 0. The van der Waals surface area contributed by atoms with Gasteiger partial charge < -0.3 is 10.4 Å². The Balaban J connectivity index is 0.916. The molecule has 0 N–H and O–H groups in total. The van der Waals surface area contributed by atoms with E-state index in [1.807, 2.05) is 55.4 Å². The smallest absolute Gasteiger partial charge is 0.316 e. The Bertz CT molecular complexity index is 8570. The zero-order valence-corrected chi connectivity index (χ0v) is 51.5. The highest BCUT2D eigenvalue weighted by molar-refractivity contribution is 6.84. The Kier molecular flexibility index (Phi) is 4.37. The second-order valence-electron chi connectivity index (χ2n) is 34.5. The van der Waals surface area contributed by atoms with Crippen LogP contribution in [0.3, 0.4) is 0 Å². The number of fused-ring (bicyclic) bond motifs is 5. The summed E-state index contributed by atoms with van der Waals surface area (Å²) in [6.07, 6.45) is 0. The Morgan fingerprint density at radius 2 is 0.368 bits per heavy atom. The predicted molar refractivity (Wildman–Crippen MR) is 390 cm³/mol. The third-order valence-electron chi connectivity index (χ3n) is 31.9. The average Bonchev–Trinajstić information content (AvgIpc) is 1.39. The van der Waals surface area contributed by atoms with E-state index in [4.69, 9.17) is 0 Å². The SMILES string of the molecule is CC1(C)N([O])C(c2ccc(C3(c4ccc(C5=[N+]([O-])C(C)(C)C(C)(C)N5[O])cc4)c4c5c6c7c3c3c8c9c4c4c%10c5c5c%11c6c6c%12c7c7c3c3c8c8c%13c9c4c4c9c%10c5c5c%10c%11c6c6c%11c%12c7c7c3c3c8c8c%13c4c4c9c5c5c%10c6c6c%11c7c3c3c8c4c5c63)cc2)=[N+]([O-])C1(C)C. The zero-order chi connectivity index (χ0) is 60.6. The lowest BCUT2D eigenvalue weighted by atomic mass is 9.58. The summed E-state index contributed by atoms with van der Waals surface area (Å²) in [6, 6.07) is 17.6. The van der Waals surface area contributed by atoms with E-state index in [0.29, 0.717) is 11.1 Å². The van der Waals surface area contributed by atoms with Gasteiger partial charge in [0, 0.05) is 10.4 Å². The molecule has 1 aliphatic carbocycles. The van der Waals surface area contributed by atoms with Crippen molar-refractivity contribution in [3.05, 3.63) is 92.3 Å². The molecule has 0 bridgehead atoms. The molecule has 3 aliphatic rings. The second-order valence-corrected chi connectivity index (χ2v) is 34.5. The normalized spacial score (nSPS) is 20.5. The first-order chi connectivity index (χ1) is 46.1. The molecule has 32 aromatic carbocycles. The largest absolute Gasteiger partial charge is 0.714 e. The van der Waals surface area contributed by atoms with Crippen LogP contribution in [0.4, 0.5) is 0 Å². The van der Waals surface area contributed by atoms with Crippen LogP contribution in [0.5, 0.6) is 0 Å². The van der Waals surface area contributed by atoms with Crippen molar-refractivity contribution in [1.82, 2.24) is 10.1 Å². The molecule has 0 aromatic heterocycles. The van der Waals surface area contributed by atoms with Crippen LogP contribution >= 0.6 is 0 Å². The van der Waals surface area contributed by atoms with Gasteiger partial charge in [-0.3, -0.25) is 9.48 Å². The molecular formula is C87H32N4O4. The topological polar surface area (TPSA) is 98.4 Å². The van der Waals surface area contributed by atoms with Gasteiger partial charge in [0.15, 0.2) is 11.1 Å². The molecule has 35 rings (SSSR count). The average molecular weight is 1200 g/mol. The quantitative estimate of drug-likeness (QED) is 0.0996. The van der Waals surface area contributed by atoms with E-state index >= 15 is 0 Å². The van der Waals surface area contributed by atoms with Crippen molar-refractivity contribution in [2.45, 2.75) is 83.0 Å². The number of hydrogen-bond acceptors (Lipinski definition) is 4. The van der Waals surface area contributed by atoms with Crippen molar-refractivity contribution in [1.29, 1.82) is 0 Å². The number of benzene rings is 21. The lowest BCUT2D eigenvalue weighted by molar-refractivity contribution is -0.539. The Morgan fingerprint density at radius 3 is 0.505 bits per heavy atom. The van der Waals surface area contributed by atoms with Gasteiger partial charge in [-0.1, -0.05) is 34.4 Å². The maximum absolute atomic E-state index is 14.9. The summed E-state index contributed by atoms with van der Waals surface area (Å²) in [5, 5.41) is 148. The monoisotopic (exact) mass is 1200 g/mol. The molecule has 424 valence electrons. The predicted octanol–water partition coefficient (Wildman–Crippen LogP) is 21.3. The maximum atomic E-state index is 14.9. The van der Waals surface area contributed by atoms with Crippen LogP contribution in [0.25, 0.3) is 312 Å². The van der Waals surface area contributed by atoms with Crippen molar-refractivity contribution in [3.63, 3.8) is 0 Å². The van der Waals surface area contributed by atoms with Gasteiger partial charge in [0.2, 0.25) is 0 Å². The van der Waals surface area contributed by atoms with E-state index in [2.05, 4.69) is 48.5 Å². The van der Waals surface area contributed by atoms with Crippen LogP contribution < -0.4 is 0 Å². The van der Waals surface area contributed by atoms with Gasteiger partial charge in [-0.25, -0.2) is 0 Å². The summed E-state index contributed by atoms with van der Waals surface area (Å²) in [6.45, 7) is 15.1. The van der Waals surface area contributed by atoms with Crippen molar-refractivity contribution in [2.75, 3.05) is 0 Å². The third-order valence-corrected chi connectivity index (χ3v) is 31.9. The fourth-order valence-corrected chi connectivity index (χ4v) is 28.0. The highest BCUT2D eigenvalue weighted by atomic mass is 16.5. The minimum atomic E-state index is -1.06. The molecule has 0 saturated carbocycles. The van der Waals surface area contributed by atoms with E-state index < -0.39 is 27.6 Å². The number of hydroxylamine groups is 6. The first-order valence-corrected chi connectivity index (χ1v) is 34.4. The Morgan fingerprint density at radius 1 is 0.232 bits per heavy atom. The van der Waals surface area contributed by atoms with E-state index in [9.17, 15) is 20.8 Å². The van der Waals surface area contributed by atoms with Crippen molar-refractivity contribution in [2.24, 2.45) is 0 Å². The Labute approximate surface area is 526 Å². The fraction of sp³-hybridized carbons (Fsp3) is 0.149. The minimum absolute atomic E-state index is 0.132. The molecule has 2 aliphatic heterocycles. The van der Waals surface area contributed by atoms with Crippen LogP contribution in [0.1, 0.15) is 88.8 Å². The molecule has 0 unspecified atom stereocenters. The molecule has 8 heteroatoms.